The van der Waals surface area contributed by atoms with Crippen molar-refractivity contribution in [3.05, 3.63) is 51.4 Å². The molecule has 3 aliphatic rings. The molecule has 1 unspecified atom stereocenters. The van der Waals surface area contributed by atoms with Gasteiger partial charge in [0.05, 0.1) is 4.48 Å². The van der Waals surface area contributed by atoms with Crippen molar-refractivity contribution >= 4 is 33.6 Å². The zero-order chi connectivity index (χ0) is 17.5. The van der Waals surface area contributed by atoms with E-state index in [0.717, 1.165) is 21.8 Å². The number of aryl methyl sites for hydroxylation is 2. The standard InChI is InChI=1S/C19H21BrN6/c20-15-10-21-19(22-14-7-6-11-2-1-3-13(11)8-14)24-18(15)23-17-9-16(25-26-17)12-4-5-12/h6-10,12,19,22,24H,1-5H2,(H2,23,25,26). The number of anilines is 2. The lowest BCUT2D eigenvalue weighted by Gasteiger charge is -2.24. The largest absolute Gasteiger partial charge is 0.347 e. The average Bonchev–Trinajstić information content (AvgIpc) is 3.21. The number of nitrogens with zero attached hydrogens (tertiary/aromatic N) is 2. The van der Waals surface area contributed by atoms with Crippen LogP contribution < -0.4 is 16.0 Å². The summed E-state index contributed by atoms with van der Waals surface area (Å²) in [6.45, 7) is 0. The van der Waals surface area contributed by atoms with Crippen molar-refractivity contribution in [3.8, 4) is 0 Å². The van der Waals surface area contributed by atoms with Crippen molar-refractivity contribution in [2.24, 2.45) is 4.99 Å². The van der Waals surface area contributed by atoms with Crippen LogP contribution in [0.3, 0.4) is 0 Å². The molecule has 0 amide bonds. The first-order valence-electron chi connectivity index (χ1n) is 9.15. The Labute approximate surface area is 160 Å². The molecule has 0 radical (unpaired) electrons. The van der Waals surface area contributed by atoms with E-state index in [1.54, 1.807) is 0 Å². The van der Waals surface area contributed by atoms with E-state index in [9.17, 15) is 0 Å². The van der Waals surface area contributed by atoms with Crippen LogP contribution in [0.1, 0.15) is 42.0 Å². The lowest BCUT2D eigenvalue weighted by atomic mass is 10.1. The molecule has 2 heterocycles. The van der Waals surface area contributed by atoms with Crippen LogP contribution in [0.2, 0.25) is 0 Å². The number of fused-ring (bicyclic) bond motifs is 1. The van der Waals surface area contributed by atoms with Gasteiger partial charge in [0.1, 0.15) is 5.82 Å². The maximum Gasteiger partial charge on any atom is 0.195 e. The molecule has 6 nitrogen and oxygen atoms in total. The minimum Gasteiger partial charge on any atom is -0.347 e. The monoisotopic (exact) mass is 412 g/mol. The summed E-state index contributed by atoms with van der Waals surface area (Å²) in [4.78, 5) is 4.51. The number of hydrogen-bond donors (Lipinski definition) is 4. The van der Waals surface area contributed by atoms with Gasteiger partial charge >= 0.3 is 0 Å². The molecule has 0 saturated heterocycles. The van der Waals surface area contributed by atoms with Gasteiger partial charge in [-0.25, -0.2) is 4.99 Å². The van der Waals surface area contributed by atoms with E-state index in [1.165, 1.54) is 48.9 Å². The van der Waals surface area contributed by atoms with Gasteiger partial charge < -0.3 is 16.0 Å². The van der Waals surface area contributed by atoms with Crippen molar-refractivity contribution < 1.29 is 0 Å². The van der Waals surface area contributed by atoms with Crippen LogP contribution in [-0.4, -0.2) is 22.7 Å². The third kappa shape index (κ3) is 3.23. The Morgan fingerprint density at radius 2 is 2.00 bits per heavy atom. The molecule has 1 fully saturated rings. The van der Waals surface area contributed by atoms with Gasteiger partial charge in [-0.3, -0.25) is 5.10 Å². The highest BCUT2D eigenvalue weighted by Gasteiger charge is 2.26. The molecular weight excluding hydrogens is 392 g/mol. The predicted octanol–water partition coefficient (Wildman–Crippen LogP) is 3.82. The Morgan fingerprint density at radius 1 is 1.12 bits per heavy atom. The predicted molar refractivity (Wildman–Crippen MR) is 108 cm³/mol. The Hall–Kier alpha value is -2.28. The molecule has 5 rings (SSSR count). The molecule has 1 aromatic carbocycles. The molecule has 2 aromatic rings. The van der Waals surface area contributed by atoms with Crippen LogP contribution in [-0.2, 0) is 12.8 Å². The highest BCUT2D eigenvalue weighted by atomic mass is 79.9. The summed E-state index contributed by atoms with van der Waals surface area (Å²) >= 11 is 3.55. The van der Waals surface area contributed by atoms with E-state index in [2.05, 4.69) is 71.3 Å². The molecule has 7 heteroatoms. The molecule has 4 N–H and O–H groups in total. The van der Waals surface area contributed by atoms with Crippen LogP contribution in [0.4, 0.5) is 11.5 Å². The Balaban J connectivity index is 1.27. The minimum absolute atomic E-state index is 0.222. The second-order valence-electron chi connectivity index (χ2n) is 7.14. The molecule has 0 spiro atoms. The summed E-state index contributed by atoms with van der Waals surface area (Å²) in [6.07, 6.45) is 7.74. The van der Waals surface area contributed by atoms with Gasteiger partial charge in [-0.15, -0.1) is 0 Å². The number of aliphatic imine (C=N–C) groups is 1. The minimum atomic E-state index is -0.222. The van der Waals surface area contributed by atoms with Crippen molar-refractivity contribution in [1.29, 1.82) is 0 Å². The van der Waals surface area contributed by atoms with Gasteiger partial charge in [0.2, 0.25) is 0 Å². The summed E-state index contributed by atoms with van der Waals surface area (Å²) in [5, 5.41) is 17.6. The van der Waals surface area contributed by atoms with Crippen LogP contribution in [0.5, 0.6) is 0 Å². The molecule has 1 aliphatic heterocycles. The van der Waals surface area contributed by atoms with E-state index in [0.29, 0.717) is 5.92 Å². The van der Waals surface area contributed by atoms with E-state index in [1.807, 2.05) is 6.21 Å². The Kier molecular flexibility index (Phi) is 3.96. The smallest absolute Gasteiger partial charge is 0.195 e. The van der Waals surface area contributed by atoms with Crippen molar-refractivity contribution in [2.75, 3.05) is 10.6 Å². The summed E-state index contributed by atoms with van der Waals surface area (Å²) in [5.41, 5.74) is 5.23. The molecule has 134 valence electrons. The number of benzene rings is 1. The third-order valence-electron chi connectivity index (χ3n) is 5.13. The number of aromatic nitrogens is 2. The molecule has 1 saturated carbocycles. The lowest BCUT2D eigenvalue weighted by Crippen LogP contribution is -2.39. The Morgan fingerprint density at radius 3 is 2.88 bits per heavy atom. The number of rotatable bonds is 5. The van der Waals surface area contributed by atoms with E-state index in [-0.39, 0.29) is 6.29 Å². The van der Waals surface area contributed by atoms with Crippen molar-refractivity contribution in [3.63, 3.8) is 0 Å². The second-order valence-corrected chi connectivity index (χ2v) is 7.99. The second kappa shape index (κ2) is 6.46. The van der Waals surface area contributed by atoms with Gasteiger partial charge in [-0.2, -0.15) is 5.10 Å². The number of halogens is 1. The number of hydrogen-bond acceptors (Lipinski definition) is 5. The number of H-pyrrole nitrogens is 1. The topological polar surface area (TPSA) is 77.1 Å². The van der Waals surface area contributed by atoms with E-state index in [4.69, 9.17) is 0 Å². The van der Waals surface area contributed by atoms with Gasteiger partial charge in [0.15, 0.2) is 12.1 Å². The van der Waals surface area contributed by atoms with Gasteiger partial charge in [0.25, 0.3) is 0 Å². The number of nitrogens with one attached hydrogen (secondary N) is 4. The quantitative estimate of drug-likeness (QED) is 0.601. The zero-order valence-corrected chi connectivity index (χ0v) is 15.9. The summed E-state index contributed by atoms with van der Waals surface area (Å²) in [7, 11) is 0. The summed E-state index contributed by atoms with van der Waals surface area (Å²) in [5.74, 6) is 2.33. The maximum atomic E-state index is 4.51. The van der Waals surface area contributed by atoms with E-state index >= 15 is 0 Å². The third-order valence-corrected chi connectivity index (χ3v) is 5.73. The fourth-order valence-corrected chi connectivity index (χ4v) is 3.90. The van der Waals surface area contributed by atoms with Crippen LogP contribution in [0.15, 0.2) is 39.6 Å². The number of aromatic amines is 1. The number of allylic oxidation sites excluding steroid dienone is 1. The normalized spacial score (nSPS) is 21.5. The van der Waals surface area contributed by atoms with E-state index < -0.39 is 0 Å². The molecule has 1 atom stereocenters. The molecule has 26 heavy (non-hydrogen) atoms. The fourth-order valence-electron chi connectivity index (χ4n) is 3.57. The lowest BCUT2D eigenvalue weighted by molar-refractivity contribution is 0.653. The SMILES string of the molecule is BrC1=C(Nc2cc(C3CC3)[nH]n2)NC(Nc2ccc3c(c2)CCC3)N=C1. The first-order valence-corrected chi connectivity index (χ1v) is 9.94. The first kappa shape index (κ1) is 15.9. The Bertz CT molecular complexity index is 895. The molecule has 0 bridgehead atoms. The average molecular weight is 413 g/mol. The summed E-state index contributed by atoms with van der Waals surface area (Å²) < 4.78 is 0.875. The van der Waals surface area contributed by atoms with Crippen LogP contribution >= 0.6 is 15.9 Å². The van der Waals surface area contributed by atoms with Gasteiger partial charge in [-0.1, -0.05) is 6.07 Å². The first-order chi connectivity index (χ1) is 12.7. The fraction of sp³-hybridized carbons (Fsp3) is 0.368. The molecule has 1 aromatic heterocycles. The molecular formula is C19H21BrN6. The highest BCUT2D eigenvalue weighted by Crippen LogP contribution is 2.39. The highest BCUT2D eigenvalue weighted by molar-refractivity contribution is 9.12. The zero-order valence-electron chi connectivity index (χ0n) is 14.3. The van der Waals surface area contributed by atoms with Gasteiger partial charge in [0, 0.05) is 29.6 Å². The van der Waals surface area contributed by atoms with Crippen molar-refractivity contribution in [1.82, 2.24) is 15.5 Å². The van der Waals surface area contributed by atoms with Crippen LogP contribution in [0.25, 0.3) is 0 Å². The molecule has 2 aliphatic carbocycles. The van der Waals surface area contributed by atoms with Gasteiger partial charge in [-0.05, 0) is 71.3 Å². The van der Waals surface area contributed by atoms with Crippen molar-refractivity contribution in [2.45, 2.75) is 44.3 Å². The maximum absolute atomic E-state index is 4.51. The summed E-state index contributed by atoms with van der Waals surface area (Å²) in [6, 6.07) is 8.69. The van der Waals surface area contributed by atoms with Crippen LogP contribution in [0, 0.1) is 0 Å².